The van der Waals surface area contributed by atoms with Crippen molar-refractivity contribution in [2.75, 3.05) is 28.4 Å². The number of carbonyl (C=O) groups excluding carboxylic acids is 1. The summed E-state index contributed by atoms with van der Waals surface area (Å²) in [5.41, 5.74) is 2.23. The SMILES string of the molecule is C=C(c1ccc(OC)c(OC(C)=O)c1)c1cc(OC)c(OC)c(OC)c1. The van der Waals surface area contributed by atoms with Gasteiger partial charge in [-0.1, -0.05) is 12.6 Å². The van der Waals surface area contributed by atoms with E-state index < -0.39 is 5.97 Å². The number of methoxy groups -OCH3 is 4. The molecule has 26 heavy (non-hydrogen) atoms. The Bertz CT molecular complexity index is 800. The highest BCUT2D eigenvalue weighted by molar-refractivity contribution is 5.82. The average Bonchev–Trinajstić information content (AvgIpc) is 2.65. The van der Waals surface area contributed by atoms with Crippen LogP contribution in [0.2, 0.25) is 0 Å². The first-order chi connectivity index (χ1) is 12.4. The molecule has 0 aliphatic heterocycles. The second-order valence-corrected chi connectivity index (χ2v) is 5.35. The fourth-order valence-electron chi connectivity index (χ4n) is 2.52. The molecule has 0 atom stereocenters. The topological polar surface area (TPSA) is 63.2 Å². The highest BCUT2D eigenvalue weighted by Crippen LogP contribution is 2.41. The molecule has 0 saturated carbocycles. The van der Waals surface area contributed by atoms with Gasteiger partial charge in [0.05, 0.1) is 28.4 Å². The van der Waals surface area contributed by atoms with E-state index in [-0.39, 0.29) is 0 Å². The van der Waals surface area contributed by atoms with Crippen LogP contribution in [-0.2, 0) is 4.79 Å². The van der Waals surface area contributed by atoms with Crippen LogP contribution in [0.15, 0.2) is 36.9 Å². The quantitative estimate of drug-likeness (QED) is 0.555. The van der Waals surface area contributed by atoms with E-state index in [2.05, 4.69) is 6.58 Å². The van der Waals surface area contributed by atoms with Crippen molar-refractivity contribution in [1.29, 1.82) is 0 Å². The summed E-state index contributed by atoms with van der Waals surface area (Å²) in [5.74, 6) is 1.90. The van der Waals surface area contributed by atoms with Gasteiger partial charge < -0.3 is 23.7 Å². The van der Waals surface area contributed by atoms with Gasteiger partial charge in [-0.25, -0.2) is 0 Å². The highest BCUT2D eigenvalue weighted by atomic mass is 16.6. The lowest BCUT2D eigenvalue weighted by Gasteiger charge is -2.16. The summed E-state index contributed by atoms with van der Waals surface area (Å²) in [7, 11) is 6.16. The van der Waals surface area contributed by atoms with Crippen molar-refractivity contribution in [3.05, 3.63) is 48.0 Å². The number of esters is 1. The third kappa shape index (κ3) is 3.91. The van der Waals surface area contributed by atoms with E-state index in [0.717, 1.165) is 11.1 Å². The van der Waals surface area contributed by atoms with Gasteiger partial charge in [0, 0.05) is 6.92 Å². The van der Waals surface area contributed by atoms with Gasteiger partial charge in [0.1, 0.15) is 0 Å². The molecule has 2 rings (SSSR count). The lowest BCUT2D eigenvalue weighted by atomic mass is 9.98. The second kappa shape index (κ2) is 8.29. The minimum atomic E-state index is -0.432. The van der Waals surface area contributed by atoms with Crippen LogP contribution in [0.3, 0.4) is 0 Å². The van der Waals surface area contributed by atoms with E-state index in [1.807, 2.05) is 6.07 Å². The Morgan fingerprint density at radius 3 is 1.77 bits per heavy atom. The summed E-state index contributed by atoms with van der Waals surface area (Å²) in [6, 6.07) is 8.86. The van der Waals surface area contributed by atoms with E-state index in [0.29, 0.717) is 34.3 Å². The Morgan fingerprint density at radius 1 is 0.769 bits per heavy atom. The molecule has 0 N–H and O–H groups in total. The Balaban J connectivity index is 2.50. The molecule has 0 radical (unpaired) electrons. The van der Waals surface area contributed by atoms with Crippen molar-refractivity contribution in [2.24, 2.45) is 0 Å². The van der Waals surface area contributed by atoms with Crippen LogP contribution in [0, 0.1) is 0 Å². The average molecular weight is 358 g/mol. The van der Waals surface area contributed by atoms with Crippen LogP contribution in [0.4, 0.5) is 0 Å². The van der Waals surface area contributed by atoms with Gasteiger partial charge in [-0.05, 0) is 41.0 Å². The molecule has 0 amide bonds. The van der Waals surface area contributed by atoms with Crippen molar-refractivity contribution in [3.63, 3.8) is 0 Å². The summed E-state index contributed by atoms with van der Waals surface area (Å²) in [6.07, 6.45) is 0. The normalized spacial score (nSPS) is 10.0. The molecule has 2 aromatic carbocycles. The predicted molar refractivity (Wildman–Crippen MR) is 98.5 cm³/mol. The number of hydrogen-bond acceptors (Lipinski definition) is 6. The van der Waals surface area contributed by atoms with E-state index in [4.69, 9.17) is 23.7 Å². The molecule has 0 aliphatic carbocycles. The van der Waals surface area contributed by atoms with Gasteiger partial charge in [-0.15, -0.1) is 0 Å². The van der Waals surface area contributed by atoms with E-state index in [1.54, 1.807) is 45.6 Å². The van der Waals surface area contributed by atoms with E-state index in [1.165, 1.54) is 14.0 Å². The largest absolute Gasteiger partial charge is 0.493 e. The smallest absolute Gasteiger partial charge is 0.308 e. The van der Waals surface area contributed by atoms with Gasteiger partial charge in [-0.2, -0.15) is 0 Å². The summed E-state index contributed by atoms with van der Waals surface area (Å²) in [4.78, 5) is 11.3. The molecule has 0 spiro atoms. The molecular weight excluding hydrogens is 336 g/mol. The van der Waals surface area contributed by atoms with Crippen molar-refractivity contribution < 1.29 is 28.5 Å². The van der Waals surface area contributed by atoms with E-state index >= 15 is 0 Å². The molecular formula is C20H22O6. The molecule has 0 unspecified atom stereocenters. The van der Waals surface area contributed by atoms with Crippen LogP contribution < -0.4 is 23.7 Å². The van der Waals surface area contributed by atoms with Crippen molar-refractivity contribution >= 4 is 11.5 Å². The monoisotopic (exact) mass is 358 g/mol. The van der Waals surface area contributed by atoms with Crippen LogP contribution in [0.1, 0.15) is 18.1 Å². The maximum Gasteiger partial charge on any atom is 0.308 e. The Hall–Kier alpha value is -3.15. The number of ether oxygens (including phenoxy) is 5. The van der Waals surface area contributed by atoms with Crippen molar-refractivity contribution in [3.8, 4) is 28.7 Å². The molecule has 0 aliphatic rings. The zero-order chi connectivity index (χ0) is 19.3. The Labute approximate surface area is 152 Å². The summed E-state index contributed by atoms with van der Waals surface area (Å²) >= 11 is 0. The molecule has 0 saturated heterocycles. The zero-order valence-corrected chi connectivity index (χ0v) is 15.5. The number of benzene rings is 2. The number of hydrogen-bond donors (Lipinski definition) is 0. The standard InChI is InChI=1S/C20H22O6/c1-12(14-7-8-16(22-3)17(9-14)26-13(2)21)15-10-18(23-4)20(25-6)19(11-15)24-5/h7-11H,1H2,2-6H3. The molecule has 0 fully saturated rings. The first-order valence-electron chi connectivity index (χ1n) is 7.81. The fraction of sp³-hybridized carbons (Fsp3) is 0.250. The van der Waals surface area contributed by atoms with Gasteiger partial charge in [-0.3, -0.25) is 4.79 Å². The molecule has 6 heteroatoms. The molecule has 0 aromatic heterocycles. The Morgan fingerprint density at radius 2 is 1.31 bits per heavy atom. The van der Waals surface area contributed by atoms with Crippen LogP contribution in [0.5, 0.6) is 28.7 Å². The van der Waals surface area contributed by atoms with Crippen LogP contribution in [-0.4, -0.2) is 34.4 Å². The van der Waals surface area contributed by atoms with Gasteiger partial charge in [0.25, 0.3) is 0 Å². The Kier molecular flexibility index (Phi) is 6.11. The lowest BCUT2D eigenvalue weighted by molar-refractivity contribution is -0.132. The van der Waals surface area contributed by atoms with Crippen LogP contribution in [0.25, 0.3) is 5.57 Å². The molecule has 0 bridgehead atoms. The van der Waals surface area contributed by atoms with Crippen molar-refractivity contribution in [2.45, 2.75) is 6.92 Å². The third-order valence-corrected chi connectivity index (χ3v) is 3.78. The predicted octanol–water partition coefficient (Wildman–Crippen LogP) is 3.71. The maximum atomic E-state index is 11.3. The number of rotatable bonds is 7. The van der Waals surface area contributed by atoms with Crippen LogP contribution >= 0.6 is 0 Å². The first-order valence-corrected chi connectivity index (χ1v) is 7.81. The first kappa shape index (κ1) is 19.2. The second-order valence-electron chi connectivity index (χ2n) is 5.35. The maximum absolute atomic E-state index is 11.3. The zero-order valence-electron chi connectivity index (χ0n) is 15.5. The fourth-order valence-corrected chi connectivity index (χ4v) is 2.52. The highest BCUT2D eigenvalue weighted by Gasteiger charge is 2.16. The van der Waals surface area contributed by atoms with Gasteiger partial charge >= 0.3 is 5.97 Å². The molecule has 0 heterocycles. The minimum absolute atomic E-state index is 0.325. The third-order valence-electron chi connectivity index (χ3n) is 3.78. The molecule has 138 valence electrons. The lowest BCUT2D eigenvalue weighted by Crippen LogP contribution is -2.03. The summed E-state index contributed by atoms with van der Waals surface area (Å²) < 4.78 is 26.5. The molecule has 6 nitrogen and oxygen atoms in total. The van der Waals surface area contributed by atoms with E-state index in [9.17, 15) is 4.79 Å². The molecule has 2 aromatic rings. The minimum Gasteiger partial charge on any atom is -0.493 e. The van der Waals surface area contributed by atoms with Crippen molar-refractivity contribution in [1.82, 2.24) is 0 Å². The summed E-state index contributed by atoms with van der Waals surface area (Å²) in [5, 5.41) is 0. The number of carbonyl (C=O) groups is 1. The summed E-state index contributed by atoms with van der Waals surface area (Å²) in [6.45, 7) is 5.48. The van der Waals surface area contributed by atoms with Gasteiger partial charge in [0.15, 0.2) is 23.0 Å². The van der Waals surface area contributed by atoms with Gasteiger partial charge in [0.2, 0.25) is 5.75 Å².